The Morgan fingerprint density at radius 2 is 1.08 bits per heavy atom. The fourth-order valence-electron chi connectivity index (χ4n) is 12.7. The summed E-state index contributed by atoms with van der Waals surface area (Å²) in [6, 6.07) is 24.8. The SMILES string of the molecule is CC1=CC=CC2[CH-]C3(C)C4(C)C=CC=CC4(C)C4(C)C=CC=CC4(C)C3(C)C12C.Clc1ccc([C](=[Zr+2])c2ccc(Cl)c3ccccc23)c2ccccc12.[C-]1=CC=CC1.[Cl-].[Cl-]. The van der Waals surface area contributed by atoms with Crippen LogP contribution in [0.25, 0.3) is 21.5 Å². The smallest absolute Gasteiger partial charge is 0.109 e. The molecular formula is C55H54Cl4Zr-2. The molecular weight excluding hydrogens is 894 g/mol. The van der Waals surface area contributed by atoms with Crippen LogP contribution in [0.1, 0.15) is 72.9 Å². The van der Waals surface area contributed by atoms with Gasteiger partial charge in [-0.05, 0) is 28.6 Å². The molecule has 0 heterocycles. The van der Waals surface area contributed by atoms with E-state index in [-0.39, 0.29) is 62.7 Å². The average Bonchev–Trinajstić information content (AvgIpc) is 3.88. The van der Waals surface area contributed by atoms with Crippen molar-refractivity contribution in [2.45, 2.75) is 61.8 Å². The fraction of sp³-hybridized carbons (Fsp3) is 0.309. The summed E-state index contributed by atoms with van der Waals surface area (Å²) in [5.41, 5.74) is 4.21. The van der Waals surface area contributed by atoms with Crippen molar-refractivity contribution >= 4 is 48.0 Å². The Morgan fingerprint density at radius 3 is 1.55 bits per heavy atom. The monoisotopic (exact) mass is 944 g/mol. The summed E-state index contributed by atoms with van der Waals surface area (Å²) in [5, 5.41) is 6.15. The predicted octanol–water partition coefficient (Wildman–Crippen LogP) is 9.38. The summed E-state index contributed by atoms with van der Waals surface area (Å²) < 4.78 is 1.31. The molecule has 308 valence electrons. The summed E-state index contributed by atoms with van der Waals surface area (Å²) in [5.74, 6) is 0.460. The van der Waals surface area contributed by atoms with E-state index >= 15 is 0 Å². The van der Waals surface area contributed by atoms with Crippen molar-refractivity contribution in [3.05, 3.63) is 197 Å². The van der Waals surface area contributed by atoms with Gasteiger partial charge >= 0.3 is 166 Å². The second-order valence-corrected chi connectivity index (χ2v) is 20.4. The van der Waals surface area contributed by atoms with E-state index in [1.807, 2.05) is 36.4 Å². The third-order valence-corrected chi connectivity index (χ3v) is 18.9. The molecule has 0 bridgehead atoms. The molecule has 0 nitrogen and oxygen atoms in total. The Labute approximate surface area is 396 Å². The van der Waals surface area contributed by atoms with Gasteiger partial charge in [0.15, 0.2) is 0 Å². The van der Waals surface area contributed by atoms with Crippen LogP contribution in [0.5, 0.6) is 0 Å². The average molecular weight is 948 g/mol. The standard InChI is InChI=1S/C29H37.C21H12Cl2.C5H5.2ClH.Zr/c1-21-14-13-15-22-20-27(6)25(4)18-10-9-16-23(25,2)24(3)17-11-12-19-26(24,5)29(27,8)28(21,22)7;22-20-11-9-14(16-5-1-3-7-18(16)20)13-15-10-12-21(23)19-8-4-2-6-17(15)19;1-2-4-5-3-1;;;/h9-20,22H,1-8H3;1-12H;1-3H,4H2;2*1H;/q-1;;-1;;;+2/p-2. The van der Waals surface area contributed by atoms with Crippen LogP contribution in [0.2, 0.25) is 10.0 Å². The number of allylic oxidation sites excluding steroid dienone is 16. The van der Waals surface area contributed by atoms with Gasteiger partial charge in [0.05, 0.1) is 0 Å². The molecule has 6 aliphatic carbocycles. The van der Waals surface area contributed by atoms with Crippen molar-refractivity contribution in [2.24, 2.45) is 43.8 Å². The Balaban J connectivity index is 0.000000177. The van der Waals surface area contributed by atoms with Crippen LogP contribution in [0.15, 0.2) is 163 Å². The van der Waals surface area contributed by atoms with Crippen LogP contribution in [-0.4, -0.2) is 3.21 Å². The Kier molecular flexibility index (Phi) is 13.0. The number of hydrogen-bond acceptors (Lipinski definition) is 0. The summed E-state index contributed by atoms with van der Waals surface area (Å²) in [6.07, 6.45) is 39.3. The van der Waals surface area contributed by atoms with Crippen molar-refractivity contribution < 1.29 is 49.0 Å². The van der Waals surface area contributed by atoms with Gasteiger partial charge in [-0.3, -0.25) is 6.08 Å². The zero-order valence-corrected chi connectivity index (χ0v) is 41.4. The minimum atomic E-state index is 0. The van der Waals surface area contributed by atoms with E-state index < -0.39 is 0 Å². The first kappa shape index (κ1) is 46.7. The minimum absolute atomic E-state index is 0. The van der Waals surface area contributed by atoms with Crippen LogP contribution >= 0.6 is 23.2 Å². The molecule has 8 unspecified atom stereocenters. The Hall–Kier alpha value is -2.77. The Bertz CT molecular complexity index is 2510. The van der Waals surface area contributed by atoms with Crippen molar-refractivity contribution in [1.82, 2.24) is 0 Å². The molecule has 4 aromatic rings. The van der Waals surface area contributed by atoms with Crippen LogP contribution in [0.4, 0.5) is 0 Å². The summed E-state index contributed by atoms with van der Waals surface area (Å²) >= 11 is 14.1. The molecule has 0 aromatic heterocycles. The summed E-state index contributed by atoms with van der Waals surface area (Å²) in [7, 11) is 0. The third-order valence-electron chi connectivity index (χ3n) is 16.9. The van der Waals surface area contributed by atoms with Gasteiger partial charge in [0.1, 0.15) is 0 Å². The van der Waals surface area contributed by atoms with Crippen molar-refractivity contribution in [2.75, 3.05) is 0 Å². The number of benzene rings is 4. The van der Waals surface area contributed by atoms with E-state index in [4.69, 9.17) is 23.2 Å². The van der Waals surface area contributed by atoms with Gasteiger partial charge in [0, 0.05) is 10.8 Å². The quantitative estimate of drug-likeness (QED) is 0.176. The van der Waals surface area contributed by atoms with E-state index in [2.05, 4.69) is 189 Å². The second kappa shape index (κ2) is 16.7. The second-order valence-electron chi connectivity index (χ2n) is 18.4. The number of halogens is 4. The molecule has 6 aliphatic rings. The van der Waals surface area contributed by atoms with Crippen LogP contribution in [-0.2, 0) is 24.2 Å². The number of hydrogen-bond donors (Lipinski definition) is 0. The first-order valence-electron chi connectivity index (χ1n) is 20.7. The van der Waals surface area contributed by atoms with E-state index in [0.717, 1.165) is 27.2 Å². The first-order valence-corrected chi connectivity index (χ1v) is 22.7. The van der Waals surface area contributed by atoms with Crippen LogP contribution < -0.4 is 24.8 Å². The molecule has 8 atom stereocenters. The summed E-state index contributed by atoms with van der Waals surface area (Å²) in [6.45, 7) is 20.3. The largest absolute Gasteiger partial charge is 1.00 e. The molecule has 60 heavy (non-hydrogen) atoms. The van der Waals surface area contributed by atoms with Crippen molar-refractivity contribution in [3.8, 4) is 0 Å². The van der Waals surface area contributed by atoms with Crippen molar-refractivity contribution in [3.63, 3.8) is 0 Å². The number of fused-ring (bicyclic) bond motifs is 10. The molecule has 0 spiro atoms. The molecule has 2 fully saturated rings. The van der Waals surface area contributed by atoms with Gasteiger partial charge in [0.25, 0.3) is 0 Å². The zero-order chi connectivity index (χ0) is 41.4. The maximum atomic E-state index is 6.38. The first-order chi connectivity index (χ1) is 27.6. The molecule has 0 N–H and O–H groups in total. The molecule has 0 amide bonds. The predicted molar refractivity (Wildman–Crippen MR) is 247 cm³/mol. The van der Waals surface area contributed by atoms with E-state index in [0.29, 0.717) is 5.92 Å². The Morgan fingerprint density at radius 1 is 0.617 bits per heavy atom. The summed E-state index contributed by atoms with van der Waals surface area (Å²) in [4.78, 5) is 0. The van der Waals surface area contributed by atoms with E-state index in [1.54, 1.807) is 0 Å². The van der Waals surface area contributed by atoms with E-state index in [1.165, 1.54) is 54.9 Å². The normalized spacial score (nSPS) is 34.5. The van der Waals surface area contributed by atoms with Gasteiger partial charge in [-0.15, -0.1) is 23.8 Å². The van der Waals surface area contributed by atoms with Crippen molar-refractivity contribution in [1.29, 1.82) is 0 Å². The molecule has 5 heteroatoms. The molecule has 0 radical (unpaired) electrons. The van der Waals surface area contributed by atoms with Gasteiger partial charge in [-0.25, -0.2) is 12.2 Å². The van der Waals surface area contributed by atoms with Crippen LogP contribution in [0.3, 0.4) is 0 Å². The molecule has 0 aliphatic heterocycles. The minimum Gasteiger partial charge on any atom is -1.00 e. The maximum Gasteiger partial charge on any atom is -0.109 e. The van der Waals surface area contributed by atoms with Crippen LogP contribution in [0, 0.1) is 56.3 Å². The van der Waals surface area contributed by atoms with Gasteiger partial charge in [-0.2, -0.15) is 6.08 Å². The van der Waals surface area contributed by atoms with E-state index in [9.17, 15) is 0 Å². The zero-order valence-electron chi connectivity index (χ0n) is 35.9. The molecule has 2 saturated carbocycles. The third kappa shape index (κ3) is 6.17. The topological polar surface area (TPSA) is 0 Å². The molecule has 4 aromatic carbocycles. The maximum absolute atomic E-state index is 6.38. The van der Waals surface area contributed by atoms with Gasteiger partial charge < -0.3 is 31.2 Å². The van der Waals surface area contributed by atoms with Gasteiger partial charge in [0.2, 0.25) is 0 Å². The number of rotatable bonds is 2. The fourth-order valence-corrected chi connectivity index (χ4v) is 14.2. The molecule has 10 rings (SSSR count). The molecule has 0 saturated heterocycles. The van der Waals surface area contributed by atoms with Gasteiger partial charge in [-0.1, -0.05) is 115 Å².